The number of benzene rings is 2. The lowest BCUT2D eigenvalue weighted by Crippen LogP contribution is -2.67. The van der Waals surface area contributed by atoms with Crippen molar-refractivity contribution in [2.24, 2.45) is 5.16 Å². The van der Waals surface area contributed by atoms with Gasteiger partial charge in [0, 0.05) is 0 Å². The highest BCUT2D eigenvalue weighted by molar-refractivity contribution is 7.00. The lowest BCUT2D eigenvalue weighted by atomic mass is 10.2. The summed E-state index contributed by atoms with van der Waals surface area (Å²) < 4.78 is 21.5. The monoisotopic (exact) mass is 387 g/mol. The molecule has 0 bridgehead atoms. The molecule has 0 amide bonds. The second kappa shape index (κ2) is 9.18. The molecule has 27 heavy (non-hydrogen) atoms. The Kier molecular flexibility index (Phi) is 7.19. The summed E-state index contributed by atoms with van der Waals surface area (Å²) >= 11 is 0. The van der Waals surface area contributed by atoms with Gasteiger partial charge in [-0.15, -0.1) is 0 Å². The van der Waals surface area contributed by atoms with Crippen molar-refractivity contribution >= 4 is 24.6 Å². The van der Waals surface area contributed by atoms with E-state index in [0.29, 0.717) is 12.8 Å². The van der Waals surface area contributed by atoms with Gasteiger partial charge in [-0.1, -0.05) is 99.9 Å². The molecule has 0 spiro atoms. The Hall–Kier alpha value is -2.14. The quantitative estimate of drug-likeness (QED) is 0.299. The van der Waals surface area contributed by atoms with Crippen molar-refractivity contribution in [3.05, 3.63) is 60.7 Å². The summed E-state index contributed by atoms with van der Waals surface area (Å²) in [4.78, 5) is 4.95. The van der Waals surface area contributed by atoms with Crippen LogP contribution in [-0.4, -0.2) is 27.5 Å². The van der Waals surface area contributed by atoms with E-state index in [1.165, 1.54) is 7.11 Å². The molecule has 0 N–H and O–H groups in total. The van der Waals surface area contributed by atoms with Gasteiger partial charge >= 0.3 is 8.32 Å². The average molecular weight is 388 g/mol. The fourth-order valence-electron chi connectivity index (χ4n) is 3.41. The lowest BCUT2D eigenvalue weighted by molar-refractivity contribution is 0.195. The third kappa shape index (κ3) is 4.59. The Morgan fingerprint density at radius 2 is 1.48 bits per heavy atom. The van der Waals surface area contributed by atoms with Crippen molar-refractivity contribution in [1.29, 1.82) is 0 Å². The summed E-state index contributed by atoms with van der Waals surface area (Å²) in [5, 5.41) is 5.85. The Morgan fingerprint density at radius 1 is 1.00 bits per heavy atom. The van der Waals surface area contributed by atoms with Gasteiger partial charge in [-0.05, 0) is 21.8 Å². The molecular formula is C22H30FNO2Si. The highest BCUT2D eigenvalue weighted by Gasteiger charge is 2.53. The summed E-state index contributed by atoms with van der Waals surface area (Å²) in [6.45, 7) is 8.39. The first-order valence-corrected chi connectivity index (χ1v) is 11.3. The Bertz CT molecular complexity index is 689. The minimum absolute atomic E-state index is 0.0358. The van der Waals surface area contributed by atoms with Gasteiger partial charge in [0.15, 0.2) is 6.17 Å². The summed E-state index contributed by atoms with van der Waals surface area (Å²) in [6.07, 6.45) is -0.245. The zero-order valence-corrected chi connectivity index (χ0v) is 17.9. The van der Waals surface area contributed by atoms with E-state index in [1.54, 1.807) is 0 Å². The molecule has 2 aromatic rings. The SMILES string of the molecule is CCCC(F)C(=NOC)O[Si](c1ccccc1)(c1ccccc1)C(C)(C)C. The summed E-state index contributed by atoms with van der Waals surface area (Å²) in [5.41, 5.74) is 0. The summed E-state index contributed by atoms with van der Waals surface area (Å²) in [7, 11) is -1.47. The van der Waals surface area contributed by atoms with Gasteiger partial charge in [-0.3, -0.25) is 0 Å². The van der Waals surface area contributed by atoms with Crippen LogP contribution in [0.1, 0.15) is 40.5 Å². The molecule has 0 heterocycles. The Labute approximate surface area is 163 Å². The predicted molar refractivity (Wildman–Crippen MR) is 113 cm³/mol. The minimum atomic E-state index is -2.89. The van der Waals surface area contributed by atoms with Crippen molar-refractivity contribution in [1.82, 2.24) is 0 Å². The van der Waals surface area contributed by atoms with Crippen LogP contribution in [0, 0.1) is 0 Å². The number of halogens is 1. The number of nitrogens with zero attached hydrogens (tertiary/aromatic N) is 1. The van der Waals surface area contributed by atoms with Gasteiger partial charge in [0.05, 0.1) is 0 Å². The highest BCUT2D eigenvalue weighted by Crippen LogP contribution is 2.37. The van der Waals surface area contributed by atoms with E-state index in [2.05, 4.69) is 50.2 Å². The van der Waals surface area contributed by atoms with Crippen LogP contribution >= 0.6 is 0 Å². The van der Waals surface area contributed by atoms with E-state index in [9.17, 15) is 4.39 Å². The van der Waals surface area contributed by atoms with Crippen molar-refractivity contribution in [2.75, 3.05) is 7.11 Å². The highest BCUT2D eigenvalue weighted by atomic mass is 28.4. The molecule has 1 unspecified atom stereocenters. The molecule has 5 heteroatoms. The molecule has 0 aromatic heterocycles. The molecule has 0 aliphatic heterocycles. The standard InChI is InChI=1S/C22H30FNO2Si/c1-6-13-20(23)21(24-25-5)26-27(22(2,3)4,18-14-9-7-10-15-18)19-16-11-8-12-17-19/h7-12,14-17,20H,6,13H2,1-5H3. The van der Waals surface area contributed by atoms with Gasteiger partial charge in [-0.2, -0.15) is 0 Å². The number of rotatable bonds is 7. The molecule has 2 aromatic carbocycles. The van der Waals surface area contributed by atoms with Crippen molar-refractivity contribution in [2.45, 2.75) is 51.7 Å². The predicted octanol–water partition coefficient (Wildman–Crippen LogP) is 4.66. The Balaban J connectivity index is 2.70. The Morgan fingerprint density at radius 3 is 1.85 bits per heavy atom. The van der Waals surface area contributed by atoms with E-state index in [0.717, 1.165) is 10.4 Å². The maximum absolute atomic E-state index is 14.9. The molecular weight excluding hydrogens is 357 g/mol. The van der Waals surface area contributed by atoms with E-state index < -0.39 is 14.5 Å². The average Bonchev–Trinajstić information content (AvgIpc) is 2.65. The largest absolute Gasteiger partial charge is 0.520 e. The van der Waals surface area contributed by atoms with E-state index in [1.807, 2.05) is 43.3 Å². The molecule has 3 nitrogen and oxygen atoms in total. The molecule has 0 saturated carbocycles. The summed E-state index contributed by atoms with van der Waals surface area (Å²) in [5.74, 6) is 0.0358. The fourth-order valence-corrected chi connectivity index (χ4v) is 7.82. The van der Waals surface area contributed by atoms with Gasteiger partial charge < -0.3 is 9.26 Å². The zero-order valence-electron chi connectivity index (χ0n) is 16.9. The third-order valence-corrected chi connectivity index (χ3v) is 9.59. The van der Waals surface area contributed by atoms with Crippen LogP contribution in [0.3, 0.4) is 0 Å². The molecule has 0 fully saturated rings. The van der Waals surface area contributed by atoms with Crippen LogP contribution in [0.4, 0.5) is 4.39 Å². The second-order valence-corrected chi connectivity index (χ2v) is 11.9. The van der Waals surface area contributed by atoms with Gasteiger partial charge in [-0.25, -0.2) is 4.39 Å². The topological polar surface area (TPSA) is 30.8 Å². The molecule has 0 saturated heterocycles. The van der Waals surface area contributed by atoms with Crippen LogP contribution in [-0.2, 0) is 9.26 Å². The van der Waals surface area contributed by atoms with E-state index in [4.69, 9.17) is 9.26 Å². The van der Waals surface area contributed by atoms with Crippen molar-refractivity contribution < 1.29 is 13.7 Å². The maximum atomic E-state index is 14.9. The number of alkyl halides is 1. The maximum Gasteiger partial charge on any atom is 0.321 e. The molecule has 2 rings (SSSR count). The van der Waals surface area contributed by atoms with Gasteiger partial charge in [0.2, 0.25) is 5.90 Å². The fraction of sp³-hybridized carbons (Fsp3) is 0.409. The number of hydrogen-bond donors (Lipinski definition) is 0. The zero-order chi connectivity index (χ0) is 19.9. The lowest BCUT2D eigenvalue weighted by Gasteiger charge is -2.43. The smallest absolute Gasteiger partial charge is 0.321 e. The molecule has 0 aliphatic carbocycles. The molecule has 0 radical (unpaired) electrons. The number of oxime groups is 1. The summed E-state index contributed by atoms with van der Waals surface area (Å²) in [6, 6.07) is 20.3. The normalized spacial score (nSPS) is 13.9. The van der Waals surface area contributed by atoms with E-state index >= 15 is 0 Å². The van der Waals surface area contributed by atoms with Crippen molar-refractivity contribution in [3.8, 4) is 0 Å². The van der Waals surface area contributed by atoms with Gasteiger partial charge in [0.1, 0.15) is 7.11 Å². The first-order chi connectivity index (χ1) is 12.9. The molecule has 0 aliphatic rings. The van der Waals surface area contributed by atoms with Crippen LogP contribution in [0.15, 0.2) is 65.8 Å². The minimum Gasteiger partial charge on any atom is -0.520 e. The first-order valence-electron chi connectivity index (χ1n) is 9.42. The van der Waals surface area contributed by atoms with Crippen LogP contribution in [0.25, 0.3) is 0 Å². The second-order valence-electron chi connectivity index (χ2n) is 7.63. The third-order valence-electron chi connectivity index (χ3n) is 4.67. The van der Waals surface area contributed by atoms with Crippen LogP contribution in [0.2, 0.25) is 5.04 Å². The molecule has 1 atom stereocenters. The van der Waals surface area contributed by atoms with Crippen LogP contribution < -0.4 is 10.4 Å². The van der Waals surface area contributed by atoms with E-state index in [-0.39, 0.29) is 10.9 Å². The first kappa shape index (κ1) is 21.2. The number of hydrogen-bond acceptors (Lipinski definition) is 3. The van der Waals surface area contributed by atoms with Crippen LogP contribution in [0.5, 0.6) is 0 Å². The van der Waals surface area contributed by atoms with Gasteiger partial charge in [0.25, 0.3) is 0 Å². The molecule has 146 valence electrons. The van der Waals surface area contributed by atoms with Crippen molar-refractivity contribution in [3.63, 3.8) is 0 Å².